The molecule has 0 fully saturated rings. The van der Waals surface area contributed by atoms with Crippen molar-refractivity contribution in [1.82, 2.24) is 0 Å². The van der Waals surface area contributed by atoms with Gasteiger partial charge < -0.3 is 16.6 Å². The van der Waals surface area contributed by atoms with Crippen LogP contribution in [0.25, 0.3) is 0 Å². The van der Waals surface area contributed by atoms with Crippen molar-refractivity contribution >= 4 is 11.7 Å². The van der Waals surface area contributed by atoms with Gasteiger partial charge in [-0.2, -0.15) is 0 Å². The van der Waals surface area contributed by atoms with Crippen molar-refractivity contribution in [2.24, 2.45) is 5.73 Å². The van der Waals surface area contributed by atoms with E-state index in [-0.39, 0.29) is 18.5 Å². The van der Waals surface area contributed by atoms with Gasteiger partial charge in [-0.05, 0) is 30.2 Å². The average Bonchev–Trinajstić information content (AvgIpc) is 2.47. The number of benzene rings is 2. The summed E-state index contributed by atoms with van der Waals surface area (Å²) in [5.41, 5.74) is 11.2. The summed E-state index contributed by atoms with van der Waals surface area (Å²) in [5, 5.41) is 9.65. The van der Waals surface area contributed by atoms with Crippen LogP contribution in [0.1, 0.15) is 11.1 Å². The smallest absolute Gasteiger partial charge is 0.315 e. The molecule has 0 aromatic heterocycles. The fourth-order valence-corrected chi connectivity index (χ4v) is 2.39. The van der Waals surface area contributed by atoms with E-state index in [1.807, 2.05) is 0 Å². The van der Waals surface area contributed by atoms with Gasteiger partial charge in [-0.15, -0.1) is 0 Å². The maximum atomic E-state index is 14.1. The van der Waals surface area contributed by atoms with Crippen LogP contribution in [0.4, 0.5) is 10.1 Å². The summed E-state index contributed by atoms with van der Waals surface area (Å²) >= 11 is 0. The zero-order valence-electron chi connectivity index (χ0n) is 11.4. The summed E-state index contributed by atoms with van der Waals surface area (Å²) in [5.74, 6) is -1.72. The van der Waals surface area contributed by atoms with Gasteiger partial charge in [-0.1, -0.05) is 30.3 Å². The van der Waals surface area contributed by atoms with Crippen molar-refractivity contribution in [1.29, 1.82) is 0 Å². The Morgan fingerprint density at radius 1 is 1.14 bits per heavy atom. The van der Waals surface area contributed by atoms with Crippen LogP contribution in [-0.2, 0) is 16.6 Å². The van der Waals surface area contributed by atoms with Crippen LogP contribution in [0.2, 0.25) is 0 Å². The summed E-state index contributed by atoms with van der Waals surface area (Å²) in [6.07, 6.45) is 0.0973. The van der Waals surface area contributed by atoms with Crippen molar-refractivity contribution in [2.45, 2.75) is 11.8 Å². The number of carbonyl (C=O) groups is 1. The first-order chi connectivity index (χ1) is 9.99. The second-order valence-electron chi connectivity index (χ2n) is 4.99. The SMILES string of the molecule is NCC(Cc1ccc(N)cc1)(C(=O)O)c1ccccc1F. The van der Waals surface area contributed by atoms with Crippen LogP contribution in [0.5, 0.6) is 0 Å². The third-order valence-corrected chi connectivity index (χ3v) is 3.63. The molecule has 0 aliphatic heterocycles. The molecule has 5 N–H and O–H groups in total. The second-order valence-corrected chi connectivity index (χ2v) is 4.99. The number of hydrogen-bond acceptors (Lipinski definition) is 3. The molecule has 5 heteroatoms. The Kier molecular flexibility index (Phi) is 4.23. The highest BCUT2D eigenvalue weighted by Gasteiger charge is 2.41. The highest BCUT2D eigenvalue weighted by atomic mass is 19.1. The van der Waals surface area contributed by atoms with Gasteiger partial charge in [0.15, 0.2) is 0 Å². The van der Waals surface area contributed by atoms with Gasteiger partial charge in [0.25, 0.3) is 0 Å². The molecule has 0 radical (unpaired) electrons. The topological polar surface area (TPSA) is 89.3 Å². The molecule has 0 amide bonds. The Bertz CT molecular complexity index is 643. The molecular formula is C16H17FN2O2. The summed E-state index contributed by atoms with van der Waals surface area (Å²) in [4.78, 5) is 11.8. The van der Waals surface area contributed by atoms with Crippen LogP contribution in [0, 0.1) is 5.82 Å². The molecule has 0 heterocycles. The molecule has 21 heavy (non-hydrogen) atoms. The Labute approximate surface area is 122 Å². The fraction of sp³-hybridized carbons (Fsp3) is 0.188. The molecule has 2 aromatic carbocycles. The molecule has 0 saturated heterocycles. The van der Waals surface area contributed by atoms with Crippen LogP contribution < -0.4 is 11.5 Å². The van der Waals surface area contributed by atoms with Crippen LogP contribution >= 0.6 is 0 Å². The van der Waals surface area contributed by atoms with Crippen molar-refractivity contribution < 1.29 is 14.3 Å². The molecule has 0 spiro atoms. The molecule has 0 aliphatic rings. The monoisotopic (exact) mass is 288 g/mol. The number of carboxylic acid groups (broad SMARTS) is 1. The first kappa shape index (κ1) is 15.0. The normalized spacial score (nSPS) is 13.6. The molecule has 1 atom stereocenters. The van der Waals surface area contributed by atoms with E-state index in [0.717, 1.165) is 5.56 Å². The predicted molar refractivity (Wildman–Crippen MR) is 79.3 cm³/mol. The third-order valence-electron chi connectivity index (χ3n) is 3.63. The molecular weight excluding hydrogens is 271 g/mol. The first-order valence-corrected chi connectivity index (χ1v) is 6.52. The number of nitrogens with two attached hydrogens (primary N) is 2. The van der Waals surface area contributed by atoms with E-state index >= 15 is 0 Å². The summed E-state index contributed by atoms with van der Waals surface area (Å²) in [7, 11) is 0. The van der Waals surface area contributed by atoms with Crippen molar-refractivity contribution in [3.63, 3.8) is 0 Å². The molecule has 110 valence electrons. The lowest BCUT2D eigenvalue weighted by molar-refractivity contribution is -0.143. The highest BCUT2D eigenvalue weighted by molar-refractivity contribution is 5.82. The highest BCUT2D eigenvalue weighted by Crippen LogP contribution is 2.30. The van der Waals surface area contributed by atoms with E-state index < -0.39 is 17.2 Å². The van der Waals surface area contributed by atoms with E-state index in [4.69, 9.17) is 11.5 Å². The Hall–Kier alpha value is -2.40. The Morgan fingerprint density at radius 2 is 1.76 bits per heavy atom. The predicted octanol–water partition coefficient (Wildman–Crippen LogP) is 1.93. The number of rotatable bonds is 5. The number of hydrogen-bond donors (Lipinski definition) is 3. The maximum Gasteiger partial charge on any atom is 0.315 e. The first-order valence-electron chi connectivity index (χ1n) is 6.52. The van der Waals surface area contributed by atoms with Gasteiger partial charge >= 0.3 is 5.97 Å². The number of anilines is 1. The Morgan fingerprint density at radius 3 is 2.29 bits per heavy atom. The number of aliphatic carboxylic acids is 1. The summed E-state index contributed by atoms with van der Waals surface area (Å²) < 4.78 is 14.1. The number of halogens is 1. The Balaban J connectivity index is 2.50. The van der Waals surface area contributed by atoms with Gasteiger partial charge in [0, 0.05) is 17.8 Å². The summed E-state index contributed by atoms with van der Waals surface area (Å²) in [6, 6.07) is 12.6. The quantitative estimate of drug-likeness (QED) is 0.733. The molecule has 0 aliphatic carbocycles. The lowest BCUT2D eigenvalue weighted by atomic mass is 9.75. The lowest BCUT2D eigenvalue weighted by Crippen LogP contribution is -2.45. The second kappa shape index (κ2) is 5.93. The molecule has 0 saturated carbocycles. The van der Waals surface area contributed by atoms with Crippen molar-refractivity contribution in [3.05, 3.63) is 65.5 Å². The zero-order valence-corrected chi connectivity index (χ0v) is 11.4. The van der Waals surface area contributed by atoms with Crippen LogP contribution in [-0.4, -0.2) is 17.6 Å². The van der Waals surface area contributed by atoms with Crippen LogP contribution in [0.15, 0.2) is 48.5 Å². The van der Waals surface area contributed by atoms with Crippen molar-refractivity contribution in [3.8, 4) is 0 Å². The fourth-order valence-electron chi connectivity index (χ4n) is 2.39. The lowest BCUT2D eigenvalue weighted by Gasteiger charge is -2.29. The number of carboxylic acids is 1. The van der Waals surface area contributed by atoms with Gasteiger partial charge in [-0.3, -0.25) is 4.79 Å². The van der Waals surface area contributed by atoms with Gasteiger partial charge in [0.05, 0.1) is 0 Å². The standard InChI is InChI=1S/C16H17FN2O2/c17-14-4-2-1-3-13(14)16(10-18,15(20)21)9-11-5-7-12(19)8-6-11/h1-8H,9-10,18-19H2,(H,20,21). The van der Waals surface area contributed by atoms with Gasteiger partial charge in [0.1, 0.15) is 11.2 Å². The van der Waals surface area contributed by atoms with Crippen LogP contribution in [0.3, 0.4) is 0 Å². The third kappa shape index (κ3) is 2.87. The minimum atomic E-state index is -1.50. The minimum absolute atomic E-state index is 0.0943. The van der Waals surface area contributed by atoms with E-state index in [9.17, 15) is 14.3 Å². The average molecular weight is 288 g/mol. The van der Waals surface area contributed by atoms with E-state index in [2.05, 4.69) is 0 Å². The molecule has 0 bridgehead atoms. The molecule has 4 nitrogen and oxygen atoms in total. The zero-order chi connectivity index (χ0) is 15.5. The maximum absolute atomic E-state index is 14.1. The number of nitrogen functional groups attached to an aromatic ring is 1. The molecule has 2 rings (SSSR count). The van der Waals surface area contributed by atoms with E-state index in [1.54, 1.807) is 30.3 Å². The molecule has 1 unspecified atom stereocenters. The van der Waals surface area contributed by atoms with Gasteiger partial charge in [-0.25, -0.2) is 4.39 Å². The largest absolute Gasteiger partial charge is 0.481 e. The molecule has 2 aromatic rings. The van der Waals surface area contributed by atoms with E-state index in [1.165, 1.54) is 18.2 Å². The van der Waals surface area contributed by atoms with Crippen molar-refractivity contribution in [2.75, 3.05) is 12.3 Å². The minimum Gasteiger partial charge on any atom is -0.481 e. The van der Waals surface area contributed by atoms with Gasteiger partial charge in [0.2, 0.25) is 0 Å². The summed E-state index contributed by atoms with van der Waals surface area (Å²) in [6.45, 7) is -0.201. The van der Waals surface area contributed by atoms with E-state index in [0.29, 0.717) is 5.69 Å².